The number of nitrogen functional groups attached to an aromatic ring is 1. The minimum absolute atomic E-state index is 0.0505. The molecule has 35 heavy (non-hydrogen) atoms. The highest BCUT2D eigenvalue weighted by Gasteiger charge is 2.44. The molecule has 0 aromatic carbocycles. The average Bonchev–Trinajstić information content (AvgIpc) is 3.36. The summed E-state index contributed by atoms with van der Waals surface area (Å²) in [6, 6.07) is -1.01. The number of aliphatic carboxylic acids is 1. The number of aromatic nitrogens is 4. The molecule has 2 aromatic rings. The molecular weight excluding hydrogens is 460 g/mol. The predicted octanol–water partition coefficient (Wildman–Crippen LogP) is -2.42. The van der Waals surface area contributed by atoms with E-state index in [1.54, 1.807) is 0 Å². The Morgan fingerprint density at radius 2 is 1.94 bits per heavy atom. The van der Waals surface area contributed by atoms with Crippen LogP contribution in [0, 0.1) is 0 Å². The highest BCUT2D eigenvalue weighted by Crippen LogP contribution is 2.32. The summed E-state index contributed by atoms with van der Waals surface area (Å²) in [7, 11) is 0. The zero-order chi connectivity index (χ0) is 25.5. The van der Waals surface area contributed by atoms with Crippen LogP contribution in [0.15, 0.2) is 17.6 Å². The molecule has 0 aliphatic carbocycles. The number of aliphatic imine (C=N–C) groups is 1. The van der Waals surface area contributed by atoms with Gasteiger partial charge in [-0.25, -0.2) is 15.0 Å². The number of carboxylic acid groups (broad SMARTS) is 1. The number of ether oxygens (including phenoxy) is 1. The van der Waals surface area contributed by atoms with Crippen molar-refractivity contribution in [3.63, 3.8) is 0 Å². The average molecular weight is 495 g/mol. The van der Waals surface area contributed by atoms with E-state index in [0.717, 1.165) is 19.3 Å². The van der Waals surface area contributed by atoms with E-state index in [1.807, 2.05) is 4.90 Å². The first-order valence-electron chi connectivity index (χ1n) is 11.4. The Hall–Kier alpha value is -3.11. The molecule has 3 rings (SSSR count). The van der Waals surface area contributed by atoms with Crippen LogP contribution in [-0.2, 0) is 9.53 Å². The van der Waals surface area contributed by atoms with E-state index < -0.39 is 36.6 Å². The lowest BCUT2D eigenvalue weighted by Gasteiger charge is -2.27. The number of aliphatic hydroxyl groups is 2. The zero-order valence-electron chi connectivity index (χ0n) is 19.3. The summed E-state index contributed by atoms with van der Waals surface area (Å²) < 4.78 is 7.53. The molecule has 5 atom stereocenters. The van der Waals surface area contributed by atoms with Crippen molar-refractivity contribution in [3.05, 3.63) is 12.7 Å². The number of carbonyl (C=O) groups is 1. The molecule has 2 aromatic heterocycles. The number of nitrogens with two attached hydrogens (primary N) is 4. The van der Waals surface area contributed by atoms with Crippen LogP contribution >= 0.6 is 0 Å². The lowest BCUT2D eigenvalue weighted by molar-refractivity contribution is -0.138. The molecule has 0 bridgehead atoms. The van der Waals surface area contributed by atoms with Crippen LogP contribution < -0.4 is 22.9 Å². The van der Waals surface area contributed by atoms with Crippen LogP contribution in [0.3, 0.4) is 0 Å². The van der Waals surface area contributed by atoms with Crippen LogP contribution in [0.1, 0.15) is 31.9 Å². The van der Waals surface area contributed by atoms with Gasteiger partial charge in [-0.05, 0) is 25.8 Å². The number of carboxylic acids is 1. The number of nitrogens with zero attached hydrogens (tertiary/aromatic N) is 6. The van der Waals surface area contributed by atoms with Gasteiger partial charge in [0.15, 0.2) is 23.7 Å². The van der Waals surface area contributed by atoms with Crippen molar-refractivity contribution < 1.29 is 24.9 Å². The predicted molar refractivity (Wildman–Crippen MR) is 127 cm³/mol. The standard InChI is InChI=1S/C20H34N10O5/c21-11(19(33)34)4-7-29(6-3-1-2-5-25-20(23)24)8-12-14(31)15(32)18(35-12)30-10-28-13-16(22)26-9-27-17(13)30/h9-12,14-15,18,31-32H,1-8,21H2,(H,33,34)(H2,22,26,27)(H4,23,24,25)/t11-,12+,14+,15+,18+/m0/s1. The number of hydrogen-bond donors (Lipinski definition) is 7. The van der Waals surface area contributed by atoms with Gasteiger partial charge in [0, 0.05) is 19.6 Å². The van der Waals surface area contributed by atoms with Crippen LogP contribution in [0.2, 0.25) is 0 Å². The van der Waals surface area contributed by atoms with Crippen molar-refractivity contribution in [3.8, 4) is 0 Å². The second kappa shape index (κ2) is 12.0. The monoisotopic (exact) mass is 494 g/mol. The number of fused-ring (bicyclic) bond motifs is 1. The van der Waals surface area contributed by atoms with E-state index in [4.69, 9.17) is 32.8 Å². The second-order valence-corrected chi connectivity index (χ2v) is 8.53. The van der Waals surface area contributed by atoms with E-state index in [9.17, 15) is 15.0 Å². The number of imidazole rings is 1. The lowest BCUT2D eigenvalue weighted by Crippen LogP contribution is -2.42. The first-order chi connectivity index (χ1) is 16.7. The molecule has 1 aliphatic heterocycles. The van der Waals surface area contributed by atoms with Gasteiger partial charge in [0.2, 0.25) is 0 Å². The van der Waals surface area contributed by atoms with Gasteiger partial charge in [0.1, 0.15) is 36.2 Å². The number of aliphatic hydroxyl groups excluding tert-OH is 2. The molecule has 1 saturated heterocycles. The smallest absolute Gasteiger partial charge is 0.320 e. The number of rotatable bonds is 13. The fourth-order valence-corrected chi connectivity index (χ4v) is 3.99. The van der Waals surface area contributed by atoms with Gasteiger partial charge in [0.05, 0.1) is 6.33 Å². The van der Waals surface area contributed by atoms with E-state index in [0.29, 0.717) is 30.8 Å². The summed E-state index contributed by atoms with van der Waals surface area (Å²) in [5, 5.41) is 30.5. The third-order valence-electron chi connectivity index (χ3n) is 5.94. The molecule has 0 amide bonds. The molecule has 11 N–H and O–H groups in total. The molecule has 0 saturated carbocycles. The van der Waals surface area contributed by atoms with Crippen molar-refractivity contribution in [2.75, 3.05) is 31.9 Å². The summed E-state index contributed by atoms with van der Waals surface area (Å²) in [6.45, 7) is 1.78. The summed E-state index contributed by atoms with van der Waals surface area (Å²) in [6.07, 6.45) is 1.27. The Balaban J connectivity index is 1.65. The molecular formula is C20H34N10O5. The van der Waals surface area contributed by atoms with Crippen molar-refractivity contribution in [2.45, 2.75) is 56.3 Å². The van der Waals surface area contributed by atoms with Gasteiger partial charge in [-0.3, -0.25) is 14.4 Å². The van der Waals surface area contributed by atoms with Gasteiger partial charge < -0.3 is 47.9 Å². The number of guanidine groups is 1. The van der Waals surface area contributed by atoms with Gasteiger partial charge in [-0.15, -0.1) is 0 Å². The van der Waals surface area contributed by atoms with Gasteiger partial charge >= 0.3 is 5.97 Å². The van der Waals surface area contributed by atoms with Crippen molar-refractivity contribution in [2.24, 2.45) is 22.2 Å². The van der Waals surface area contributed by atoms with Crippen LogP contribution in [0.5, 0.6) is 0 Å². The Morgan fingerprint density at radius 1 is 1.17 bits per heavy atom. The van der Waals surface area contributed by atoms with Crippen LogP contribution in [0.4, 0.5) is 5.82 Å². The van der Waals surface area contributed by atoms with Crippen LogP contribution in [0.25, 0.3) is 11.2 Å². The summed E-state index contributed by atoms with van der Waals surface area (Å²) in [5.41, 5.74) is 22.9. The van der Waals surface area contributed by atoms with Crippen molar-refractivity contribution in [1.82, 2.24) is 24.4 Å². The highest BCUT2D eigenvalue weighted by atomic mass is 16.6. The maximum atomic E-state index is 11.1. The van der Waals surface area contributed by atoms with E-state index in [1.165, 1.54) is 17.2 Å². The Bertz CT molecular complexity index is 1010. The molecule has 3 heterocycles. The van der Waals surface area contributed by atoms with E-state index in [-0.39, 0.29) is 24.7 Å². The highest BCUT2D eigenvalue weighted by molar-refractivity contribution is 5.81. The molecule has 15 nitrogen and oxygen atoms in total. The summed E-state index contributed by atoms with van der Waals surface area (Å²) in [4.78, 5) is 29.3. The quantitative estimate of drug-likeness (QED) is 0.0870. The van der Waals surface area contributed by atoms with E-state index >= 15 is 0 Å². The molecule has 194 valence electrons. The fourth-order valence-electron chi connectivity index (χ4n) is 3.99. The molecule has 1 fully saturated rings. The number of unbranched alkanes of at least 4 members (excludes halogenated alkanes) is 2. The number of hydrogen-bond acceptors (Lipinski definition) is 11. The largest absolute Gasteiger partial charge is 0.480 e. The third-order valence-corrected chi connectivity index (χ3v) is 5.94. The topological polar surface area (TPSA) is 250 Å². The van der Waals surface area contributed by atoms with Gasteiger partial charge in [-0.1, -0.05) is 6.42 Å². The molecule has 1 aliphatic rings. The summed E-state index contributed by atoms with van der Waals surface area (Å²) in [5.74, 6) is -0.836. The molecule has 0 radical (unpaired) electrons. The van der Waals surface area contributed by atoms with Gasteiger partial charge in [-0.2, -0.15) is 0 Å². The lowest BCUT2D eigenvalue weighted by atomic mass is 10.1. The SMILES string of the molecule is NC(N)=NCCCCCN(CC[C@H](N)C(=O)O)C[C@H]1O[C@@H](n2cnc3c(N)ncnc32)[C@H](O)[C@@H]1O. The minimum atomic E-state index is -1.24. The van der Waals surface area contributed by atoms with Gasteiger partial charge in [0.25, 0.3) is 0 Å². The first kappa shape index (κ1) is 26.5. The number of anilines is 1. The molecule has 0 spiro atoms. The normalized spacial score (nSPS) is 23.1. The van der Waals surface area contributed by atoms with Crippen molar-refractivity contribution >= 4 is 28.9 Å². The first-order valence-corrected chi connectivity index (χ1v) is 11.4. The molecule has 15 heteroatoms. The minimum Gasteiger partial charge on any atom is -0.480 e. The second-order valence-electron chi connectivity index (χ2n) is 8.53. The zero-order valence-corrected chi connectivity index (χ0v) is 19.3. The summed E-state index contributed by atoms with van der Waals surface area (Å²) >= 11 is 0. The Kier molecular flexibility index (Phi) is 9.11. The van der Waals surface area contributed by atoms with Crippen molar-refractivity contribution in [1.29, 1.82) is 0 Å². The van der Waals surface area contributed by atoms with Crippen LogP contribution in [-0.4, -0.2) is 102 Å². The molecule has 0 unspecified atom stereocenters. The maximum Gasteiger partial charge on any atom is 0.320 e. The third kappa shape index (κ3) is 6.73. The maximum absolute atomic E-state index is 11.1. The fraction of sp³-hybridized carbons (Fsp3) is 0.650. The Labute approximate surface area is 201 Å². The Morgan fingerprint density at radius 3 is 2.66 bits per heavy atom. The van der Waals surface area contributed by atoms with E-state index in [2.05, 4.69) is 19.9 Å².